The Balaban J connectivity index is 2.82. The first-order chi connectivity index (χ1) is 8.56. The molecule has 0 saturated heterocycles. The van der Waals surface area contributed by atoms with Crippen molar-refractivity contribution in [2.45, 2.75) is 6.92 Å². The molecule has 1 aromatic heterocycles. The normalized spacial score (nSPS) is 10.4. The van der Waals surface area contributed by atoms with E-state index in [1.807, 2.05) is 13.0 Å². The number of carbonyl (C=O) groups is 1. The van der Waals surface area contributed by atoms with E-state index in [0.717, 1.165) is 10.9 Å². The SMILES string of the molecule is COc1cc(OC)c2nc(C(=O)O)cc(C)c2c1. The average Bonchev–Trinajstić information content (AvgIpc) is 2.37. The van der Waals surface area contributed by atoms with E-state index in [4.69, 9.17) is 14.6 Å². The topological polar surface area (TPSA) is 68.7 Å². The van der Waals surface area contributed by atoms with Crippen LogP contribution in [0.3, 0.4) is 0 Å². The second kappa shape index (κ2) is 4.52. The molecule has 2 rings (SSSR count). The van der Waals surface area contributed by atoms with Crippen LogP contribution in [0.25, 0.3) is 10.9 Å². The minimum absolute atomic E-state index is 0.00321. The van der Waals surface area contributed by atoms with E-state index >= 15 is 0 Å². The summed E-state index contributed by atoms with van der Waals surface area (Å²) in [4.78, 5) is 15.1. The highest BCUT2D eigenvalue weighted by molar-refractivity contribution is 5.94. The van der Waals surface area contributed by atoms with Gasteiger partial charge in [-0.25, -0.2) is 9.78 Å². The molecule has 0 amide bonds. The molecule has 5 heteroatoms. The Kier molecular flexibility index (Phi) is 3.06. The molecule has 0 bridgehead atoms. The first-order valence-corrected chi connectivity index (χ1v) is 5.33. The molecule has 0 spiro atoms. The van der Waals surface area contributed by atoms with Crippen LogP contribution in [0.5, 0.6) is 11.5 Å². The Bertz CT molecular complexity index is 622. The highest BCUT2D eigenvalue weighted by Crippen LogP contribution is 2.31. The number of pyridine rings is 1. The lowest BCUT2D eigenvalue weighted by Gasteiger charge is -2.10. The standard InChI is InChI=1S/C13H13NO4/c1-7-4-10(13(15)16)14-12-9(7)5-8(17-2)6-11(12)18-3/h4-6H,1-3H3,(H,15,16). The first-order valence-electron chi connectivity index (χ1n) is 5.33. The molecule has 94 valence electrons. The van der Waals surface area contributed by atoms with E-state index in [0.29, 0.717) is 17.0 Å². The molecule has 1 N–H and O–H groups in total. The fourth-order valence-corrected chi connectivity index (χ4v) is 1.82. The zero-order valence-corrected chi connectivity index (χ0v) is 10.4. The number of rotatable bonds is 3. The molecule has 0 aliphatic rings. The molecule has 0 aliphatic heterocycles. The third-order valence-corrected chi connectivity index (χ3v) is 2.73. The third kappa shape index (κ3) is 1.95. The van der Waals surface area contributed by atoms with Crippen molar-refractivity contribution in [3.05, 3.63) is 29.5 Å². The molecule has 0 fully saturated rings. The number of aromatic nitrogens is 1. The van der Waals surface area contributed by atoms with Crippen molar-refractivity contribution >= 4 is 16.9 Å². The minimum atomic E-state index is -1.06. The van der Waals surface area contributed by atoms with Gasteiger partial charge in [-0.1, -0.05) is 0 Å². The van der Waals surface area contributed by atoms with Gasteiger partial charge in [-0.05, 0) is 24.6 Å². The molecule has 1 heterocycles. The summed E-state index contributed by atoms with van der Waals surface area (Å²) in [5.41, 5.74) is 1.34. The summed E-state index contributed by atoms with van der Waals surface area (Å²) >= 11 is 0. The summed E-state index contributed by atoms with van der Waals surface area (Å²) < 4.78 is 10.4. The van der Waals surface area contributed by atoms with E-state index in [9.17, 15) is 4.79 Å². The number of fused-ring (bicyclic) bond motifs is 1. The van der Waals surface area contributed by atoms with Crippen molar-refractivity contribution in [3.63, 3.8) is 0 Å². The lowest BCUT2D eigenvalue weighted by atomic mass is 10.1. The van der Waals surface area contributed by atoms with Gasteiger partial charge in [-0.15, -0.1) is 0 Å². The highest BCUT2D eigenvalue weighted by Gasteiger charge is 2.13. The number of methoxy groups -OCH3 is 2. The molecule has 0 radical (unpaired) electrons. The van der Waals surface area contributed by atoms with Gasteiger partial charge in [0.25, 0.3) is 0 Å². The van der Waals surface area contributed by atoms with Gasteiger partial charge in [0.1, 0.15) is 22.7 Å². The van der Waals surface area contributed by atoms with Gasteiger partial charge in [0.15, 0.2) is 0 Å². The number of aryl methyl sites for hydroxylation is 1. The second-order valence-electron chi connectivity index (χ2n) is 3.86. The van der Waals surface area contributed by atoms with Crippen LogP contribution in [0.2, 0.25) is 0 Å². The van der Waals surface area contributed by atoms with E-state index in [1.54, 1.807) is 13.2 Å². The van der Waals surface area contributed by atoms with Gasteiger partial charge in [-0.2, -0.15) is 0 Å². The number of hydrogen-bond acceptors (Lipinski definition) is 4. The number of nitrogens with zero attached hydrogens (tertiary/aromatic N) is 1. The lowest BCUT2D eigenvalue weighted by Crippen LogP contribution is -2.02. The van der Waals surface area contributed by atoms with E-state index < -0.39 is 5.97 Å². The molecule has 2 aromatic rings. The van der Waals surface area contributed by atoms with Crippen molar-refractivity contribution in [3.8, 4) is 11.5 Å². The fourth-order valence-electron chi connectivity index (χ4n) is 1.82. The minimum Gasteiger partial charge on any atom is -0.497 e. The van der Waals surface area contributed by atoms with Crippen LogP contribution in [-0.2, 0) is 0 Å². The summed E-state index contributed by atoms with van der Waals surface area (Å²) in [7, 11) is 3.08. The van der Waals surface area contributed by atoms with Crippen LogP contribution in [0.4, 0.5) is 0 Å². The van der Waals surface area contributed by atoms with Crippen molar-refractivity contribution in [2.24, 2.45) is 0 Å². The van der Waals surface area contributed by atoms with Crippen LogP contribution in [0.15, 0.2) is 18.2 Å². The van der Waals surface area contributed by atoms with E-state index in [1.165, 1.54) is 13.2 Å². The maximum absolute atomic E-state index is 11.0. The molecule has 0 atom stereocenters. The van der Waals surface area contributed by atoms with E-state index in [-0.39, 0.29) is 5.69 Å². The Labute approximate surface area is 104 Å². The monoisotopic (exact) mass is 247 g/mol. The largest absolute Gasteiger partial charge is 0.497 e. The van der Waals surface area contributed by atoms with Gasteiger partial charge in [-0.3, -0.25) is 0 Å². The smallest absolute Gasteiger partial charge is 0.354 e. The number of carboxylic acid groups (broad SMARTS) is 1. The Morgan fingerprint density at radius 3 is 2.50 bits per heavy atom. The molecule has 18 heavy (non-hydrogen) atoms. The third-order valence-electron chi connectivity index (χ3n) is 2.73. The molecular weight excluding hydrogens is 234 g/mol. The van der Waals surface area contributed by atoms with Crippen molar-refractivity contribution < 1.29 is 19.4 Å². The number of carboxylic acids is 1. The Hall–Kier alpha value is -2.30. The van der Waals surface area contributed by atoms with Crippen LogP contribution in [0, 0.1) is 6.92 Å². The molecule has 1 aromatic carbocycles. The number of ether oxygens (including phenoxy) is 2. The predicted octanol–water partition coefficient (Wildman–Crippen LogP) is 2.26. The van der Waals surface area contributed by atoms with Crippen LogP contribution < -0.4 is 9.47 Å². The molecule has 0 saturated carbocycles. The summed E-state index contributed by atoms with van der Waals surface area (Å²) in [5.74, 6) is 0.0840. The Morgan fingerprint density at radius 1 is 1.22 bits per heavy atom. The Morgan fingerprint density at radius 2 is 1.94 bits per heavy atom. The van der Waals surface area contributed by atoms with Gasteiger partial charge in [0.05, 0.1) is 14.2 Å². The van der Waals surface area contributed by atoms with Gasteiger partial charge in [0, 0.05) is 11.5 Å². The zero-order chi connectivity index (χ0) is 13.3. The fraction of sp³-hybridized carbons (Fsp3) is 0.231. The van der Waals surface area contributed by atoms with Gasteiger partial charge in [0.2, 0.25) is 0 Å². The summed E-state index contributed by atoms with van der Waals surface area (Å²) in [5, 5.41) is 9.82. The molecular formula is C13H13NO4. The van der Waals surface area contributed by atoms with Crippen LogP contribution >= 0.6 is 0 Å². The summed E-state index contributed by atoms with van der Waals surface area (Å²) in [6.45, 7) is 1.83. The average molecular weight is 247 g/mol. The number of aromatic carboxylic acids is 1. The highest BCUT2D eigenvalue weighted by atomic mass is 16.5. The zero-order valence-electron chi connectivity index (χ0n) is 10.4. The molecule has 5 nitrogen and oxygen atoms in total. The van der Waals surface area contributed by atoms with Crippen molar-refractivity contribution in [1.29, 1.82) is 0 Å². The van der Waals surface area contributed by atoms with Gasteiger partial charge < -0.3 is 14.6 Å². The maximum atomic E-state index is 11.0. The lowest BCUT2D eigenvalue weighted by molar-refractivity contribution is 0.0691. The number of hydrogen-bond donors (Lipinski definition) is 1. The number of benzene rings is 1. The molecule has 0 aliphatic carbocycles. The second-order valence-corrected chi connectivity index (χ2v) is 3.86. The van der Waals surface area contributed by atoms with Crippen LogP contribution in [-0.4, -0.2) is 30.3 Å². The maximum Gasteiger partial charge on any atom is 0.354 e. The van der Waals surface area contributed by atoms with E-state index in [2.05, 4.69) is 4.98 Å². The van der Waals surface area contributed by atoms with Crippen molar-refractivity contribution in [1.82, 2.24) is 4.98 Å². The quantitative estimate of drug-likeness (QED) is 0.900. The predicted molar refractivity (Wildman–Crippen MR) is 66.5 cm³/mol. The molecule has 0 unspecified atom stereocenters. The first kappa shape index (κ1) is 12.2. The van der Waals surface area contributed by atoms with Crippen LogP contribution in [0.1, 0.15) is 16.1 Å². The van der Waals surface area contributed by atoms with Gasteiger partial charge >= 0.3 is 5.97 Å². The summed E-state index contributed by atoms with van der Waals surface area (Å²) in [6, 6.07) is 5.02. The summed E-state index contributed by atoms with van der Waals surface area (Å²) in [6.07, 6.45) is 0. The van der Waals surface area contributed by atoms with Crippen molar-refractivity contribution in [2.75, 3.05) is 14.2 Å².